The molecule has 0 radical (unpaired) electrons. The molecular formula is C23H15ClF6N2O4. The predicted octanol–water partition coefficient (Wildman–Crippen LogP) is 6.41. The van der Waals surface area contributed by atoms with E-state index in [1.54, 1.807) is 0 Å². The second-order valence-electron chi connectivity index (χ2n) is 7.54. The van der Waals surface area contributed by atoms with Crippen LogP contribution in [-0.4, -0.2) is 24.0 Å². The van der Waals surface area contributed by atoms with Crippen LogP contribution in [0.4, 0.5) is 26.3 Å². The molecule has 4 aromatic rings. The number of methoxy groups -OCH3 is 2. The average Bonchev–Trinajstić information content (AvgIpc) is 3.26. The van der Waals surface area contributed by atoms with Crippen LogP contribution >= 0.6 is 11.6 Å². The molecule has 6 nitrogen and oxygen atoms in total. The van der Waals surface area contributed by atoms with Gasteiger partial charge >= 0.3 is 12.4 Å². The van der Waals surface area contributed by atoms with Gasteiger partial charge in [-0.2, -0.15) is 31.4 Å². The van der Waals surface area contributed by atoms with Crippen LogP contribution in [0.2, 0.25) is 5.02 Å². The third-order valence-corrected chi connectivity index (χ3v) is 5.66. The summed E-state index contributed by atoms with van der Waals surface area (Å²) in [6.45, 7) is -0.298. The van der Waals surface area contributed by atoms with Gasteiger partial charge in [0.25, 0.3) is 0 Å². The third-order valence-electron chi connectivity index (χ3n) is 5.29. The van der Waals surface area contributed by atoms with E-state index in [0.29, 0.717) is 0 Å². The van der Waals surface area contributed by atoms with E-state index in [0.717, 1.165) is 35.3 Å². The minimum atomic E-state index is -5.08. The lowest BCUT2D eigenvalue weighted by Crippen LogP contribution is -2.16. The highest BCUT2D eigenvalue weighted by atomic mass is 35.5. The molecule has 0 unspecified atom stereocenters. The number of benzene rings is 2. The van der Waals surface area contributed by atoms with Crippen molar-refractivity contribution in [3.05, 3.63) is 74.9 Å². The summed E-state index contributed by atoms with van der Waals surface area (Å²) in [5, 5.41) is 3.71. The van der Waals surface area contributed by atoms with Gasteiger partial charge < -0.3 is 13.9 Å². The SMILES string of the molecule is COc1ccc2c(=O)c(-c3cnn(Cc4cc(C(F)(F)F)ccc4Cl)c3)c(C(F)(F)F)oc2c1OC. The molecule has 36 heavy (non-hydrogen) atoms. The van der Waals surface area contributed by atoms with Crippen LogP contribution in [-0.2, 0) is 18.9 Å². The van der Waals surface area contributed by atoms with Crippen LogP contribution in [0.3, 0.4) is 0 Å². The maximum absolute atomic E-state index is 14.0. The summed E-state index contributed by atoms with van der Waals surface area (Å²) < 4.78 is 97.4. The Morgan fingerprint density at radius 2 is 1.75 bits per heavy atom. The Balaban J connectivity index is 1.85. The van der Waals surface area contributed by atoms with E-state index in [9.17, 15) is 31.1 Å². The zero-order valence-corrected chi connectivity index (χ0v) is 19.2. The van der Waals surface area contributed by atoms with Crippen molar-refractivity contribution in [2.75, 3.05) is 14.2 Å². The fourth-order valence-corrected chi connectivity index (χ4v) is 3.83. The number of rotatable bonds is 5. The largest absolute Gasteiger partial charge is 0.493 e. The highest BCUT2D eigenvalue weighted by Crippen LogP contribution is 2.41. The maximum Gasteiger partial charge on any atom is 0.450 e. The van der Waals surface area contributed by atoms with Crippen molar-refractivity contribution in [1.82, 2.24) is 9.78 Å². The molecule has 0 atom stereocenters. The molecule has 0 aliphatic carbocycles. The molecule has 0 spiro atoms. The highest BCUT2D eigenvalue weighted by Gasteiger charge is 2.40. The Morgan fingerprint density at radius 1 is 1.03 bits per heavy atom. The Bertz CT molecular complexity index is 1510. The Morgan fingerprint density at radius 3 is 2.36 bits per heavy atom. The third kappa shape index (κ3) is 4.60. The van der Waals surface area contributed by atoms with Gasteiger partial charge in [0.15, 0.2) is 11.3 Å². The number of ether oxygens (including phenoxy) is 2. The van der Waals surface area contributed by atoms with E-state index in [2.05, 4.69) is 5.10 Å². The van der Waals surface area contributed by atoms with Gasteiger partial charge in [0.2, 0.25) is 16.9 Å². The van der Waals surface area contributed by atoms with Crippen molar-refractivity contribution >= 4 is 22.6 Å². The summed E-state index contributed by atoms with van der Waals surface area (Å²) in [6, 6.07) is 5.26. The molecule has 0 aliphatic heterocycles. The van der Waals surface area contributed by atoms with Crippen LogP contribution in [0, 0.1) is 0 Å². The standard InChI is InChI=1S/C23H15ClF6N2O4/c1-34-16-6-4-14-18(33)17(21(23(28,29)30)36-19(14)20(16)35-2)12-8-31-32(10-12)9-11-7-13(22(25,26)27)3-5-15(11)24/h3-8,10H,9H2,1-2H3. The molecule has 4 rings (SSSR count). The smallest absolute Gasteiger partial charge is 0.450 e. The zero-order chi connectivity index (χ0) is 26.4. The molecule has 2 aromatic heterocycles. The number of nitrogens with zero attached hydrogens (tertiary/aromatic N) is 2. The van der Waals surface area contributed by atoms with Gasteiger partial charge in [0.1, 0.15) is 0 Å². The first-order valence-corrected chi connectivity index (χ1v) is 10.4. The van der Waals surface area contributed by atoms with Crippen LogP contribution in [0.25, 0.3) is 22.1 Å². The second kappa shape index (κ2) is 9.08. The van der Waals surface area contributed by atoms with E-state index in [4.69, 9.17) is 25.5 Å². The number of aromatic nitrogens is 2. The second-order valence-corrected chi connectivity index (χ2v) is 7.95. The van der Waals surface area contributed by atoms with Crippen molar-refractivity contribution in [2.24, 2.45) is 0 Å². The van der Waals surface area contributed by atoms with Crippen LogP contribution in [0.5, 0.6) is 11.5 Å². The first kappa shape index (κ1) is 25.4. The summed E-state index contributed by atoms with van der Waals surface area (Å²) >= 11 is 6.00. The number of fused-ring (bicyclic) bond motifs is 1. The Kier molecular flexibility index (Phi) is 6.41. The molecule has 0 saturated carbocycles. The number of halogens is 7. The molecule has 2 aromatic carbocycles. The quantitative estimate of drug-likeness (QED) is 0.278. The lowest BCUT2D eigenvalue weighted by molar-refractivity contribution is -0.152. The van der Waals surface area contributed by atoms with Crippen LogP contribution in [0.15, 0.2) is 51.9 Å². The van der Waals surface area contributed by atoms with E-state index < -0.39 is 40.3 Å². The van der Waals surface area contributed by atoms with Gasteiger partial charge in [-0.1, -0.05) is 11.6 Å². The monoisotopic (exact) mass is 532 g/mol. The van der Waals surface area contributed by atoms with Crippen molar-refractivity contribution < 1.29 is 40.2 Å². The Hall–Kier alpha value is -3.67. The zero-order valence-electron chi connectivity index (χ0n) is 18.4. The van der Waals surface area contributed by atoms with Crippen molar-refractivity contribution in [2.45, 2.75) is 18.9 Å². The van der Waals surface area contributed by atoms with Gasteiger partial charge in [0.05, 0.1) is 43.5 Å². The van der Waals surface area contributed by atoms with Crippen LogP contribution < -0.4 is 14.9 Å². The molecule has 0 aliphatic rings. The molecule has 190 valence electrons. The van der Waals surface area contributed by atoms with E-state index in [1.807, 2.05) is 0 Å². The van der Waals surface area contributed by atoms with E-state index >= 15 is 0 Å². The number of alkyl halides is 6. The molecule has 0 saturated heterocycles. The van der Waals surface area contributed by atoms with E-state index in [1.165, 1.54) is 26.4 Å². The summed E-state index contributed by atoms with van der Waals surface area (Å²) in [6.07, 6.45) is -7.63. The molecule has 0 N–H and O–H groups in total. The van der Waals surface area contributed by atoms with Crippen molar-refractivity contribution in [3.63, 3.8) is 0 Å². The van der Waals surface area contributed by atoms with E-state index in [-0.39, 0.29) is 39.6 Å². The van der Waals surface area contributed by atoms with Crippen LogP contribution in [0.1, 0.15) is 16.9 Å². The fraction of sp³-hybridized carbons (Fsp3) is 0.217. The topological polar surface area (TPSA) is 66.5 Å². The average molecular weight is 533 g/mol. The molecule has 0 fully saturated rings. The van der Waals surface area contributed by atoms with Gasteiger partial charge in [0, 0.05) is 16.8 Å². The molecule has 2 heterocycles. The number of hydrogen-bond donors (Lipinski definition) is 0. The normalized spacial score (nSPS) is 12.2. The first-order chi connectivity index (χ1) is 16.8. The minimum absolute atomic E-state index is 0.00212. The molecule has 0 bridgehead atoms. The Labute approximate surface area is 203 Å². The molecule has 13 heteroatoms. The van der Waals surface area contributed by atoms with Crippen molar-refractivity contribution in [3.8, 4) is 22.6 Å². The molecular weight excluding hydrogens is 518 g/mol. The summed E-state index contributed by atoms with van der Waals surface area (Å²) in [5.41, 5.74) is -3.46. The summed E-state index contributed by atoms with van der Waals surface area (Å²) in [4.78, 5) is 13.2. The fourth-order valence-electron chi connectivity index (χ4n) is 3.66. The lowest BCUT2D eigenvalue weighted by atomic mass is 10.0. The molecule has 0 amide bonds. The first-order valence-electron chi connectivity index (χ1n) is 10.0. The summed E-state index contributed by atoms with van der Waals surface area (Å²) in [7, 11) is 2.45. The number of hydrogen-bond acceptors (Lipinski definition) is 5. The van der Waals surface area contributed by atoms with Gasteiger partial charge in [-0.25, -0.2) is 0 Å². The lowest BCUT2D eigenvalue weighted by Gasteiger charge is -2.14. The highest BCUT2D eigenvalue weighted by molar-refractivity contribution is 6.31. The predicted molar refractivity (Wildman–Crippen MR) is 117 cm³/mol. The maximum atomic E-state index is 14.0. The summed E-state index contributed by atoms with van der Waals surface area (Å²) in [5.74, 6) is -1.73. The van der Waals surface area contributed by atoms with Crippen molar-refractivity contribution in [1.29, 1.82) is 0 Å². The van der Waals surface area contributed by atoms with Gasteiger partial charge in [-0.15, -0.1) is 0 Å². The minimum Gasteiger partial charge on any atom is -0.493 e. The van der Waals surface area contributed by atoms with Gasteiger partial charge in [-0.05, 0) is 35.9 Å². The van der Waals surface area contributed by atoms with Gasteiger partial charge in [-0.3, -0.25) is 9.48 Å².